The van der Waals surface area contributed by atoms with Gasteiger partial charge in [-0.25, -0.2) is 8.42 Å². The molecule has 2 aromatic rings. The number of ether oxygens (including phenoxy) is 1. The van der Waals surface area contributed by atoms with Gasteiger partial charge in [0.1, 0.15) is 5.75 Å². The van der Waals surface area contributed by atoms with Crippen molar-refractivity contribution in [3.63, 3.8) is 0 Å². The lowest BCUT2D eigenvalue weighted by atomic mass is 10.1. The van der Waals surface area contributed by atoms with Crippen molar-refractivity contribution in [2.75, 3.05) is 31.3 Å². The monoisotopic (exact) mass is 408 g/mol. The molecule has 0 aromatic heterocycles. The van der Waals surface area contributed by atoms with Crippen molar-refractivity contribution in [1.82, 2.24) is 4.90 Å². The first-order chi connectivity index (χ1) is 12.7. The number of rotatable bonds is 5. The van der Waals surface area contributed by atoms with Gasteiger partial charge in [-0.1, -0.05) is 11.6 Å². The van der Waals surface area contributed by atoms with Gasteiger partial charge in [0.2, 0.25) is 10.0 Å². The second-order valence-electron chi connectivity index (χ2n) is 6.55. The number of carbonyl (C=O) groups is 1. The van der Waals surface area contributed by atoms with Crippen LogP contribution in [0, 0.1) is 0 Å². The molecule has 0 radical (unpaired) electrons. The smallest absolute Gasteiger partial charge is 0.253 e. The third-order valence-corrected chi connectivity index (χ3v) is 5.99. The van der Waals surface area contributed by atoms with Crippen LogP contribution in [0.4, 0.5) is 5.69 Å². The molecular weight excluding hydrogens is 388 g/mol. The lowest BCUT2D eigenvalue weighted by molar-refractivity contribution is 0.0784. The van der Waals surface area contributed by atoms with Gasteiger partial charge < -0.3 is 9.64 Å². The van der Waals surface area contributed by atoms with Crippen LogP contribution in [-0.4, -0.2) is 46.2 Å². The first-order valence-electron chi connectivity index (χ1n) is 8.39. The van der Waals surface area contributed by atoms with E-state index in [2.05, 4.69) is 0 Å². The molecule has 144 valence electrons. The summed E-state index contributed by atoms with van der Waals surface area (Å²) in [6.07, 6.45) is 1.78. The molecule has 3 rings (SSSR count). The molecule has 0 spiro atoms. The molecule has 0 atom stereocenters. The fourth-order valence-electron chi connectivity index (χ4n) is 3.27. The van der Waals surface area contributed by atoms with Crippen molar-refractivity contribution >= 4 is 33.2 Å². The number of methoxy groups -OCH3 is 1. The molecule has 1 amide bonds. The van der Waals surface area contributed by atoms with E-state index >= 15 is 0 Å². The SMILES string of the molecule is COc1ccc(Cl)cc1CN(C)C(=O)c1ccc2c(c1)CCN2S(C)(=O)=O. The average molecular weight is 409 g/mol. The molecule has 0 N–H and O–H groups in total. The van der Waals surface area contributed by atoms with Gasteiger partial charge in [0.25, 0.3) is 5.91 Å². The predicted molar refractivity (Wildman–Crippen MR) is 106 cm³/mol. The number of anilines is 1. The normalized spacial score (nSPS) is 13.4. The van der Waals surface area contributed by atoms with Crippen molar-refractivity contribution in [2.45, 2.75) is 13.0 Å². The molecule has 1 aliphatic heterocycles. The molecule has 0 saturated heterocycles. The third kappa shape index (κ3) is 4.04. The number of benzene rings is 2. The van der Waals surface area contributed by atoms with Crippen LogP contribution in [0.3, 0.4) is 0 Å². The lowest BCUT2D eigenvalue weighted by Crippen LogP contribution is -2.28. The Bertz CT molecular complexity index is 991. The molecule has 0 saturated carbocycles. The number of fused-ring (bicyclic) bond motifs is 1. The zero-order valence-electron chi connectivity index (χ0n) is 15.4. The predicted octanol–water partition coefficient (Wildman–Crippen LogP) is 2.94. The van der Waals surface area contributed by atoms with E-state index in [0.29, 0.717) is 41.5 Å². The number of nitrogens with zero attached hydrogens (tertiary/aromatic N) is 2. The maximum absolute atomic E-state index is 12.8. The maximum atomic E-state index is 12.8. The molecule has 1 heterocycles. The van der Waals surface area contributed by atoms with E-state index in [1.54, 1.807) is 55.5 Å². The van der Waals surface area contributed by atoms with Gasteiger partial charge in [0.15, 0.2) is 0 Å². The quantitative estimate of drug-likeness (QED) is 0.762. The number of hydrogen-bond donors (Lipinski definition) is 0. The summed E-state index contributed by atoms with van der Waals surface area (Å²) in [4.78, 5) is 14.4. The molecule has 2 aromatic carbocycles. The highest BCUT2D eigenvalue weighted by atomic mass is 35.5. The molecular formula is C19H21ClN2O4S. The summed E-state index contributed by atoms with van der Waals surface area (Å²) >= 11 is 6.06. The first-order valence-corrected chi connectivity index (χ1v) is 10.6. The summed E-state index contributed by atoms with van der Waals surface area (Å²) in [5, 5.41) is 0.574. The number of carbonyl (C=O) groups excluding carboxylic acids is 1. The summed E-state index contributed by atoms with van der Waals surface area (Å²) in [5.41, 5.74) is 2.84. The van der Waals surface area contributed by atoms with Crippen molar-refractivity contribution in [2.24, 2.45) is 0 Å². The fraction of sp³-hybridized carbons (Fsp3) is 0.316. The van der Waals surface area contributed by atoms with E-state index in [-0.39, 0.29) is 5.91 Å². The molecule has 0 fully saturated rings. The highest BCUT2D eigenvalue weighted by molar-refractivity contribution is 7.92. The minimum atomic E-state index is -3.31. The number of amides is 1. The Hall–Kier alpha value is -2.25. The van der Waals surface area contributed by atoms with Crippen molar-refractivity contribution < 1.29 is 17.9 Å². The van der Waals surface area contributed by atoms with E-state index in [9.17, 15) is 13.2 Å². The van der Waals surface area contributed by atoms with Crippen LogP contribution < -0.4 is 9.04 Å². The van der Waals surface area contributed by atoms with Gasteiger partial charge in [0.05, 0.1) is 19.1 Å². The second kappa shape index (κ2) is 7.40. The molecule has 0 aliphatic carbocycles. The Labute approximate surface area is 164 Å². The molecule has 0 unspecified atom stereocenters. The Kier molecular flexibility index (Phi) is 5.35. The zero-order chi connectivity index (χ0) is 19.8. The topological polar surface area (TPSA) is 66.9 Å². The van der Waals surface area contributed by atoms with Crippen LogP contribution in [-0.2, 0) is 23.0 Å². The van der Waals surface area contributed by atoms with Gasteiger partial charge >= 0.3 is 0 Å². The van der Waals surface area contributed by atoms with Crippen LogP contribution in [0.15, 0.2) is 36.4 Å². The summed E-state index contributed by atoms with van der Waals surface area (Å²) in [5.74, 6) is 0.509. The van der Waals surface area contributed by atoms with Gasteiger partial charge in [-0.2, -0.15) is 0 Å². The summed E-state index contributed by atoms with van der Waals surface area (Å²) in [6.45, 7) is 0.747. The second-order valence-corrected chi connectivity index (χ2v) is 8.89. The van der Waals surface area contributed by atoms with Gasteiger partial charge in [-0.3, -0.25) is 9.10 Å². The summed E-state index contributed by atoms with van der Waals surface area (Å²) in [7, 11) is -0.0272. The Morgan fingerprint density at radius 1 is 1.26 bits per heavy atom. The van der Waals surface area contributed by atoms with Crippen LogP contribution >= 0.6 is 11.6 Å². The molecule has 6 nitrogen and oxygen atoms in total. The summed E-state index contributed by atoms with van der Waals surface area (Å²) < 4.78 is 30.4. The average Bonchev–Trinajstić information content (AvgIpc) is 3.04. The van der Waals surface area contributed by atoms with Crippen LogP contribution in [0.1, 0.15) is 21.5 Å². The number of sulfonamides is 1. The first kappa shape index (κ1) is 19.5. The van der Waals surface area contributed by atoms with Crippen molar-refractivity contribution in [3.8, 4) is 5.75 Å². The van der Waals surface area contributed by atoms with E-state index in [1.807, 2.05) is 0 Å². The minimum absolute atomic E-state index is 0.155. The maximum Gasteiger partial charge on any atom is 0.253 e. The van der Waals surface area contributed by atoms with Crippen LogP contribution in [0.5, 0.6) is 5.75 Å². The largest absolute Gasteiger partial charge is 0.496 e. The van der Waals surface area contributed by atoms with E-state index < -0.39 is 10.0 Å². The van der Waals surface area contributed by atoms with Crippen molar-refractivity contribution in [1.29, 1.82) is 0 Å². The van der Waals surface area contributed by atoms with E-state index in [0.717, 1.165) is 11.1 Å². The van der Waals surface area contributed by atoms with Gasteiger partial charge in [-0.05, 0) is 48.4 Å². The van der Waals surface area contributed by atoms with E-state index in [1.165, 1.54) is 10.6 Å². The van der Waals surface area contributed by atoms with Crippen LogP contribution in [0.25, 0.3) is 0 Å². The Morgan fingerprint density at radius 3 is 2.67 bits per heavy atom. The highest BCUT2D eigenvalue weighted by Gasteiger charge is 2.27. The Morgan fingerprint density at radius 2 is 2.00 bits per heavy atom. The number of halogens is 1. The Balaban J connectivity index is 1.82. The molecule has 1 aliphatic rings. The third-order valence-electron chi connectivity index (χ3n) is 4.58. The standard InChI is InChI=1S/C19H21ClN2O4S/c1-21(12-15-11-16(20)5-7-18(15)26-2)19(23)14-4-6-17-13(10-14)8-9-22(17)27(3,24)25/h4-7,10-11H,8-9,12H2,1-3H3. The summed E-state index contributed by atoms with van der Waals surface area (Å²) in [6, 6.07) is 10.4. The fourth-order valence-corrected chi connectivity index (χ4v) is 4.42. The lowest BCUT2D eigenvalue weighted by Gasteiger charge is -2.20. The highest BCUT2D eigenvalue weighted by Crippen LogP contribution is 2.31. The molecule has 27 heavy (non-hydrogen) atoms. The molecule has 8 heteroatoms. The van der Waals surface area contributed by atoms with E-state index in [4.69, 9.17) is 16.3 Å². The molecule has 0 bridgehead atoms. The van der Waals surface area contributed by atoms with Gasteiger partial charge in [0, 0.05) is 36.3 Å². The number of hydrogen-bond acceptors (Lipinski definition) is 4. The van der Waals surface area contributed by atoms with Crippen molar-refractivity contribution in [3.05, 3.63) is 58.1 Å². The van der Waals surface area contributed by atoms with Crippen LogP contribution in [0.2, 0.25) is 5.02 Å². The van der Waals surface area contributed by atoms with Gasteiger partial charge in [-0.15, -0.1) is 0 Å². The minimum Gasteiger partial charge on any atom is -0.496 e. The zero-order valence-corrected chi connectivity index (χ0v) is 17.0.